The van der Waals surface area contributed by atoms with Crippen molar-refractivity contribution in [3.8, 4) is 11.5 Å². The van der Waals surface area contributed by atoms with Gasteiger partial charge in [0.2, 0.25) is 5.76 Å². The number of carbonyl (C=O) groups is 1. The Kier molecular flexibility index (Phi) is 6.86. The van der Waals surface area contributed by atoms with Gasteiger partial charge >= 0.3 is 0 Å². The van der Waals surface area contributed by atoms with Gasteiger partial charge in [0, 0.05) is 11.6 Å². The maximum atomic E-state index is 13.7. The SMILES string of the molecule is CCOc1ccc(C2c3c(oc4cc(C)c(Cl)cc4c3=O)C(=O)N2CCCN(C)C)cc1OC. The van der Waals surface area contributed by atoms with E-state index in [1.165, 1.54) is 0 Å². The minimum Gasteiger partial charge on any atom is -0.493 e. The van der Waals surface area contributed by atoms with Crippen molar-refractivity contribution in [1.82, 2.24) is 9.80 Å². The van der Waals surface area contributed by atoms with Crippen LogP contribution in [0.2, 0.25) is 5.02 Å². The number of hydrogen-bond acceptors (Lipinski definition) is 6. The summed E-state index contributed by atoms with van der Waals surface area (Å²) in [7, 11) is 5.54. The highest BCUT2D eigenvalue weighted by atomic mass is 35.5. The summed E-state index contributed by atoms with van der Waals surface area (Å²) in [6.45, 7) is 5.50. The molecule has 0 aliphatic carbocycles. The minimum absolute atomic E-state index is 0.0851. The molecule has 0 radical (unpaired) electrons. The van der Waals surface area contributed by atoms with Crippen LogP contribution in [-0.4, -0.2) is 56.6 Å². The summed E-state index contributed by atoms with van der Waals surface area (Å²) in [5.74, 6) is 0.933. The standard InChI is InChI=1S/C26H29ClN2O5/c1-6-33-19-9-8-16(13-21(19)32-5)23-22-24(30)17-14-18(27)15(2)12-20(17)34-25(22)26(31)29(23)11-7-10-28(3)4/h8-9,12-14,23H,6-7,10-11H2,1-5H3. The molecule has 1 aliphatic heterocycles. The Morgan fingerprint density at radius 2 is 1.91 bits per heavy atom. The molecule has 0 bridgehead atoms. The van der Waals surface area contributed by atoms with Crippen LogP contribution in [0.5, 0.6) is 11.5 Å². The summed E-state index contributed by atoms with van der Waals surface area (Å²) in [5.41, 5.74) is 1.96. The Morgan fingerprint density at radius 3 is 2.59 bits per heavy atom. The van der Waals surface area contributed by atoms with E-state index in [0.29, 0.717) is 46.2 Å². The largest absolute Gasteiger partial charge is 0.493 e. The topological polar surface area (TPSA) is 72.2 Å². The van der Waals surface area contributed by atoms with E-state index in [4.69, 9.17) is 25.5 Å². The number of aryl methyl sites for hydroxylation is 1. The van der Waals surface area contributed by atoms with Crippen molar-refractivity contribution in [1.29, 1.82) is 0 Å². The molecule has 0 spiro atoms. The molecule has 8 heteroatoms. The number of rotatable bonds is 8. The minimum atomic E-state index is -0.602. The number of nitrogens with zero attached hydrogens (tertiary/aromatic N) is 2. The predicted molar refractivity (Wildman–Crippen MR) is 132 cm³/mol. The fourth-order valence-corrected chi connectivity index (χ4v) is 4.57. The molecule has 2 heterocycles. The van der Waals surface area contributed by atoms with Gasteiger partial charge in [0.1, 0.15) is 5.58 Å². The van der Waals surface area contributed by atoms with Crippen molar-refractivity contribution in [3.05, 3.63) is 68.0 Å². The monoisotopic (exact) mass is 484 g/mol. The van der Waals surface area contributed by atoms with Gasteiger partial charge in [0.15, 0.2) is 16.9 Å². The second-order valence-electron chi connectivity index (χ2n) is 8.67. The van der Waals surface area contributed by atoms with Crippen LogP contribution in [0.4, 0.5) is 0 Å². The van der Waals surface area contributed by atoms with Crippen molar-refractivity contribution in [2.75, 3.05) is 40.9 Å². The Labute approximate surface area is 203 Å². The third kappa shape index (κ3) is 4.26. The van der Waals surface area contributed by atoms with Gasteiger partial charge in [-0.05, 0) is 76.3 Å². The zero-order valence-corrected chi connectivity index (χ0v) is 20.9. The van der Waals surface area contributed by atoms with Crippen LogP contribution in [-0.2, 0) is 0 Å². The van der Waals surface area contributed by atoms with Gasteiger partial charge in [0.05, 0.1) is 30.7 Å². The molecule has 1 atom stereocenters. The highest BCUT2D eigenvalue weighted by molar-refractivity contribution is 6.32. The Morgan fingerprint density at radius 1 is 1.15 bits per heavy atom. The van der Waals surface area contributed by atoms with Gasteiger partial charge in [-0.1, -0.05) is 17.7 Å². The molecular weight excluding hydrogens is 456 g/mol. The highest BCUT2D eigenvalue weighted by Gasteiger charge is 2.42. The normalized spacial score (nSPS) is 15.3. The maximum Gasteiger partial charge on any atom is 0.290 e. The van der Waals surface area contributed by atoms with Crippen molar-refractivity contribution in [2.45, 2.75) is 26.3 Å². The number of methoxy groups -OCH3 is 1. The number of halogens is 1. The summed E-state index contributed by atoms with van der Waals surface area (Å²) >= 11 is 6.31. The molecule has 2 aromatic carbocycles. The van der Waals surface area contributed by atoms with Crippen LogP contribution in [0.1, 0.15) is 46.6 Å². The quantitative estimate of drug-likeness (QED) is 0.463. The van der Waals surface area contributed by atoms with Crippen molar-refractivity contribution < 1.29 is 18.7 Å². The summed E-state index contributed by atoms with van der Waals surface area (Å²) in [4.78, 5) is 31.0. The smallest absolute Gasteiger partial charge is 0.290 e. The fraction of sp³-hybridized carbons (Fsp3) is 0.385. The maximum absolute atomic E-state index is 13.7. The van der Waals surface area contributed by atoms with Crippen LogP contribution in [0, 0.1) is 6.92 Å². The first kappa shape index (κ1) is 24.1. The molecule has 0 saturated carbocycles. The molecule has 0 saturated heterocycles. The number of carbonyl (C=O) groups excluding carboxylic acids is 1. The van der Waals surface area contributed by atoms with Crippen LogP contribution in [0.15, 0.2) is 39.5 Å². The molecule has 1 unspecified atom stereocenters. The number of benzene rings is 2. The molecule has 3 aromatic rings. The average Bonchev–Trinajstić information content (AvgIpc) is 3.07. The van der Waals surface area contributed by atoms with Crippen LogP contribution in [0.25, 0.3) is 11.0 Å². The lowest BCUT2D eigenvalue weighted by Gasteiger charge is -2.26. The molecule has 7 nitrogen and oxygen atoms in total. The Hall–Kier alpha value is -3.03. The average molecular weight is 485 g/mol. The van der Waals surface area contributed by atoms with Gasteiger partial charge in [0.25, 0.3) is 5.91 Å². The summed E-state index contributed by atoms with van der Waals surface area (Å²) in [6, 6.07) is 8.22. The van der Waals surface area contributed by atoms with Gasteiger partial charge < -0.3 is 23.7 Å². The number of fused-ring (bicyclic) bond motifs is 2. The van der Waals surface area contributed by atoms with E-state index in [9.17, 15) is 9.59 Å². The molecule has 1 amide bonds. The molecule has 0 N–H and O–H groups in total. The zero-order valence-electron chi connectivity index (χ0n) is 20.1. The van der Waals surface area contributed by atoms with Gasteiger partial charge in [-0.2, -0.15) is 0 Å². The Bertz CT molecular complexity index is 1300. The fourth-order valence-electron chi connectivity index (χ4n) is 4.40. The van der Waals surface area contributed by atoms with Crippen LogP contribution in [0.3, 0.4) is 0 Å². The van der Waals surface area contributed by atoms with Crippen LogP contribution >= 0.6 is 11.6 Å². The number of hydrogen-bond donors (Lipinski definition) is 0. The van der Waals surface area contributed by atoms with E-state index < -0.39 is 6.04 Å². The lowest BCUT2D eigenvalue weighted by atomic mass is 9.97. The Balaban J connectivity index is 1.90. The summed E-state index contributed by atoms with van der Waals surface area (Å²) < 4.78 is 17.2. The van der Waals surface area contributed by atoms with Gasteiger partial charge in [-0.3, -0.25) is 9.59 Å². The molecule has 0 fully saturated rings. The zero-order chi connectivity index (χ0) is 24.6. The lowest BCUT2D eigenvalue weighted by molar-refractivity contribution is 0.0722. The van der Waals surface area contributed by atoms with E-state index in [-0.39, 0.29) is 17.1 Å². The van der Waals surface area contributed by atoms with Gasteiger partial charge in [-0.15, -0.1) is 0 Å². The molecule has 1 aliphatic rings. The first-order valence-corrected chi connectivity index (χ1v) is 11.7. The second kappa shape index (κ2) is 9.68. The van der Waals surface area contributed by atoms with E-state index >= 15 is 0 Å². The molecule has 4 rings (SSSR count). The first-order chi connectivity index (χ1) is 16.3. The predicted octanol–water partition coefficient (Wildman–Crippen LogP) is 4.66. The van der Waals surface area contributed by atoms with E-state index in [0.717, 1.165) is 24.1 Å². The van der Waals surface area contributed by atoms with E-state index in [2.05, 4.69) is 4.90 Å². The third-order valence-corrected chi connectivity index (χ3v) is 6.46. The van der Waals surface area contributed by atoms with E-state index in [1.807, 2.05) is 40.1 Å². The van der Waals surface area contributed by atoms with Crippen molar-refractivity contribution in [3.63, 3.8) is 0 Å². The lowest BCUT2D eigenvalue weighted by Crippen LogP contribution is -2.32. The molecular formula is C26H29ClN2O5. The summed E-state index contributed by atoms with van der Waals surface area (Å²) in [6.07, 6.45) is 0.746. The molecule has 180 valence electrons. The van der Waals surface area contributed by atoms with Crippen LogP contribution < -0.4 is 14.9 Å². The number of ether oxygens (including phenoxy) is 2. The second-order valence-corrected chi connectivity index (χ2v) is 9.08. The highest BCUT2D eigenvalue weighted by Crippen LogP contribution is 2.41. The van der Waals surface area contributed by atoms with Crippen molar-refractivity contribution in [2.24, 2.45) is 0 Å². The van der Waals surface area contributed by atoms with Gasteiger partial charge in [-0.25, -0.2) is 0 Å². The molecule has 1 aromatic heterocycles. The first-order valence-electron chi connectivity index (χ1n) is 11.3. The van der Waals surface area contributed by atoms with E-state index in [1.54, 1.807) is 30.2 Å². The molecule has 34 heavy (non-hydrogen) atoms. The third-order valence-electron chi connectivity index (χ3n) is 6.05. The summed E-state index contributed by atoms with van der Waals surface area (Å²) in [5, 5.41) is 0.839. The van der Waals surface area contributed by atoms with Crippen molar-refractivity contribution >= 4 is 28.5 Å². The number of amides is 1.